The molecule has 0 spiro atoms. The van der Waals surface area contributed by atoms with Gasteiger partial charge in [-0.05, 0) is 64.4 Å². The minimum Gasteiger partial charge on any atom is -0.478 e. The zero-order chi connectivity index (χ0) is 14.1. The van der Waals surface area contributed by atoms with Crippen molar-refractivity contribution in [3.63, 3.8) is 0 Å². The van der Waals surface area contributed by atoms with Crippen LogP contribution in [-0.2, 0) is 4.79 Å². The average Bonchev–Trinajstić information content (AvgIpc) is 2.97. The lowest BCUT2D eigenvalue weighted by Crippen LogP contribution is -2.21. The Morgan fingerprint density at radius 2 is 2.00 bits per heavy atom. The fourth-order valence-electron chi connectivity index (χ4n) is 3.48. The summed E-state index contributed by atoms with van der Waals surface area (Å²) in [5, 5.41) is 8.66. The number of anilines is 1. The second-order valence-corrected chi connectivity index (χ2v) is 6.59. The van der Waals surface area contributed by atoms with Crippen LogP contribution in [0.15, 0.2) is 28.7 Å². The van der Waals surface area contributed by atoms with E-state index >= 15 is 0 Å². The number of halogens is 1. The fraction of sp³-hybridized carbons (Fsp3) is 0.438. The lowest BCUT2D eigenvalue weighted by Gasteiger charge is -2.21. The first-order chi connectivity index (χ1) is 9.63. The number of benzene rings is 1. The van der Waals surface area contributed by atoms with E-state index in [0.29, 0.717) is 0 Å². The van der Waals surface area contributed by atoms with Gasteiger partial charge in [0.1, 0.15) is 0 Å². The number of carbonyl (C=O) groups is 1. The van der Waals surface area contributed by atoms with Gasteiger partial charge in [0.25, 0.3) is 0 Å². The van der Waals surface area contributed by atoms with E-state index in [2.05, 4.69) is 26.9 Å². The minimum absolute atomic E-state index is 0.869. The SMILES string of the molecule is O=C(O)/C=C/c1ccc(N2CC3CCCC3C2)c(Br)c1. The van der Waals surface area contributed by atoms with Crippen LogP contribution < -0.4 is 4.90 Å². The molecule has 2 aliphatic rings. The number of aliphatic carboxylic acids is 1. The maximum Gasteiger partial charge on any atom is 0.328 e. The highest BCUT2D eigenvalue weighted by atomic mass is 79.9. The highest BCUT2D eigenvalue weighted by Gasteiger charge is 2.36. The van der Waals surface area contributed by atoms with Gasteiger partial charge < -0.3 is 10.0 Å². The normalized spacial score (nSPS) is 25.4. The molecule has 0 radical (unpaired) electrons. The third-order valence-electron chi connectivity index (χ3n) is 4.46. The van der Waals surface area contributed by atoms with Gasteiger partial charge in [0.05, 0.1) is 5.69 Å². The first kappa shape index (κ1) is 13.7. The Balaban J connectivity index is 1.76. The molecule has 1 saturated heterocycles. The molecular weight excluding hydrogens is 318 g/mol. The fourth-order valence-corrected chi connectivity index (χ4v) is 4.13. The Kier molecular flexibility index (Phi) is 3.83. The van der Waals surface area contributed by atoms with Crippen molar-refractivity contribution in [3.8, 4) is 0 Å². The number of carboxylic acids is 1. The Labute approximate surface area is 127 Å². The molecule has 1 N–H and O–H groups in total. The van der Waals surface area contributed by atoms with E-state index in [9.17, 15) is 4.79 Å². The standard InChI is InChI=1S/C16H18BrNO2/c17-14-8-11(5-7-16(19)20)4-6-15(14)18-9-12-2-1-3-13(12)10-18/h4-8,12-13H,1-3,9-10H2,(H,19,20)/b7-5+. The van der Waals surface area contributed by atoms with Crippen LogP contribution in [0.1, 0.15) is 24.8 Å². The van der Waals surface area contributed by atoms with Crippen LogP contribution in [0.25, 0.3) is 6.08 Å². The van der Waals surface area contributed by atoms with Crippen molar-refractivity contribution in [2.75, 3.05) is 18.0 Å². The molecule has 1 aromatic carbocycles. The van der Waals surface area contributed by atoms with Gasteiger partial charge in [-0.15, -0.1) is 0 Å². The summed E-state index contributed by atoms with van der Waals surface area (Å²) >= 11 is 3.62. The molecule has 0 bridgehead atoms. The van der Waals surface area contributed by atoms with E-state index in [4.69, 9.17) is 5.11 Å². The van der Waals surface area contributed by atoms with Crippen LogP contribution in [0, 0.1) is 11.8 Å². The van der Waals surface area contributed by atoms with Crippen LogP contribution in [0.4, 0.5) is 5.69 Å². The molecule has 0 amide bonds. The molecule has 3 rings (SSSR count). The average molecular weight is 336 g/mol. The van der Waals surface area contributed by atoms with E-state index in [-0.39, 0.29) is 0 Å². The molecule has 1 aromatic rings. The summed E-state index contributed by atoms with van der Waals surface area (Å²) in [5.74, 6) is 0.819. The van der Waals surface area contributed by atoms with Crippen LogP contribution in [-0.4, -0.2) is 24.2 Å². The number of rotatable bonds is 3. The zero-order valence-corrected chi connectivity index (χ0v) is 12.8. The summed E-state index contributed by atoms with van der Waals surface area (Å²) in [6.45, 7) is 2.32. The van der Waals surface area contributed by atoms with Gasteiger partial charge >= 0.3 is 5.97 Å². The van der Waals surface area contributed by atoms with E-state index < -0.39 is 5.97 Å². The summed E-state index contributed by atoms with van der Waals surface area (Å²) in [6.07, 6.45) is 6.93. The van der Waals surface area contributed by atoms with E-state index in [0.717, 1.165) is 35.0 Å². The second-order valence-electron chi connectivity index (χ2n) is 5.74. The zero-order valence-electron chi connectivity index (χ0n) is 11.3. The van der Waals surface area contributed by atoms with Crippen molar-refractivity contribution < 1.29 is 9.90 Å². The monoisotopic (exact) mass is 335 g/mol. The smallest absolute Gasteiger partial charge is 0.328 e. The number of hydrogen-bond acceptors (Lipinski definition) is 2. The predicted molar refractivity (Wildman–Crippen MR) is 83.9 cm³/mol. The van der Waals surface area contributed by atoms with Crippen LogP contribution in [0.3, 0.4) is 0 Å². The lowest BCUT2D eigenvalue weighted by atomic mass is 10.0. The summed E-state index contributed by atoms with van der Waals surface area (Å²) < 4.78 is 1.05. The highest BCUT2D eigenvalue weighted by Crippen LogP contribution is 2.41. The minimum atomic E-state index is -0.919. The van der Waals surface area contributed by atoms with Gasteiger partial charge in [-0.25, -0.2) is 4.79 Å². The molecule has 2 unspecified atom stereocenters. The quantitative estimate of drug-likeness (QED) is 0.854. The van der Waals surface area contributed by atoms with Crippen molar-refractivity contribution in [1.29, 1.82) is 0 Å². The van der Waals surface area contributed by atoms with E-state index in [1.165, 1.54) is 31.0 Å². The van der Waals surface area contributed by atoms with Crippen LogP contribution in [0.5, 0.6) is 0 Å². The van der Waals surface area contributed by atoms with Crippen molar-refractivity contribution in [3.05, 3.63) is 34.3 Å². The van der Waals surface area contributed by atoms with Gasteiger partial charge in [-0.3, -0.25) is 0 Å². The van der Waals surface area contributed by atoms with Gasteiger partial charge in [0.2, 0.25) is 0 Å². The maximum atomic E-state index is 10.5. The Morgan fingerprint density at radius 1 is 1.30 bits per heavy atom. The van der Waals surface area contributed by atoms with E-state index in [1.807, 2.05) is 12.1 Å². The van der Waals surface area contributed by atoms with Gasteiger partial charge in [0, 0.05) is 23.6 Å². The maximum absolute atomic E-state index is 10.5. The van der Waals surface area contributed by atoms with Gasteiger partial charge in [-0.2, -0.15) is 0 Å². The summed E-state index contributed by atoms with van der Waals surface area (Å²) in [7, 11) is 0. The van der Waals surface area contributed by atoms with Crippen LogP contribution >= 0.6 is 15.9 Å². The van der Waals surface area contributed by atoms with Gasteiger partial charge in [-0.1, -0.05) is 12.5 Å². The molecule has 1 heterocycles. The number of hydrogen-bond donors (Lipinski definition) is 1. The summed E-state index contributed by atoms with van der Waals surface area (Å²) in [4.78, 5) is 13.0. The molecule has 1 saturated carbocycles. The highest BCUT2D eigenvalue weighted by molar-refractivity contribution is 9.10. The van der Waals surface area contributed by atoms with Crippen molar-refractivity contribution in [2.24, 2.45) is 11.8 Å². The molecule has 1 aliphatic carbocycles. The molecule has 20 heavy (non-hydrogen) atoms. The molecule has 1 aliphatic heterocycles. The topological polar surface area (TPSA) is 40.5 Å². The molecule has 3 nitrogen and oxygen atoms in total. The Bertz CT molecular complexity index is 543. The molecule has 2 fully saturated rings. The summed E-state index contributed by atoms with van der Waals surface area (Å²) in [5.41, 5.74) is 2.13. The third-order valence-corrected chi connectivity index (χ3v) is 5.09. The first-order valence-corrected chi connectivity index (χ1v) is 7.88. The number of nitrogens with zero attached hydrogens (tertiary/aromatic N) is 1. The van der Waals surface area contributed by atoms with Crippen molar-refractivity contribution in [2.45, 2.75) is 19.3 Å². The van der Waals surface area contributed by atoms with Crippen LogP contribution in [0.2, 0.25) is 0 Å². The molecule has 106 valence electrons. The van der Waals surface area contributed by atoms with Crippen molar-refractivity contribution >= 4 is 33.7 Å². The molecule has 4 heteroatoms. The number of fused-ring (bicyclic) bond motifs is 1. The Hall–Kier alpha value is -1.29. The second kappa shape index (κ2) is 5.60. The van der Waals surface area contributed by atoms with Crippen molar-refractivity contribution in [1.82, 2.24) is 0 Å². The molecule has 2 atom stereocenters. The third kappa shape index (κ3) is 2.75. The molecular formula is C16H18BrNO2. The summed E-state index contributed by atoms with van der Waals surface area (Å²) in [6, 6.07) is 6.06. The molecule has 0 aromatic heterocycles. The lowest BCUT2D eigenvalue weighted by molar-refractivity contribution is -0.131. The predicted octanol–water partition coefficient (Wildman–Crippen LogP) is 3.78. The Morgan fingerprint density at radius 3 is 2.60 bits per heavy atom. The largest absolute Gasteiger partial charge is 0.478 e. The first-order valence-electron chi connectivity index (χ1n) is 7.09. The van der Waals surface area contributed by atoms with E-state index in [1.54, 1.807) is 6.08 Å². The number of carboxylic acid groups (broad SMARTS) is 1. The van der Waals surface area contributed by atoms with Gasteiger partial charge in [0.15, 0.2) is 0 Å².